The van der Waals surface area contributed by atoms with E-state index in [0.29, 0.717) is 23.9 Å². The van der Waals surface area contributed by atoms with Crippen LogP contribution in [0.5, 0.6) is 0 Å². The Kier molecular flexibility index (Phi) is 5.92. The van der Waals surface area contributed by atoms with Crippen LogP contribution < -0.4 is 5.32 Å². The highest BCUT2D eigenvalue weighted by Crippen LogP contribution is 2.35. The first kappa shape index (κ1) is 17.0. The quantitative estimate of drug-likeness (QED) is 0.864. The van der Waals surface area contributed by atoms with Crippen LogP contribution in [0.3, 0.4) is 0 Å². The van der Waals surface area contributed by atoms with Crippen molar-refractivity contribution in [3.05, 3.63) is 0 Å². The van der Waals surface area contributed by atoms with E-state index in [1.54, 1.807) is 0 Å². The fourth-order valence-electron chi connectivity index (χ4n) is 4.28. The predicted octanol–water partition coefficient (Wildman–Crippen LogP) is 1.88. The topological polar surface area (TPSA) is 35.6 Å². The van der Waals surface area contributed by atoms with Crippen LogP contribution in [0.1, 0.15) is 44.9 Å². The first-order valence-corrected chi connectivity index (χ1v) is 8.37. The molecule has 1 unspecified atom stereocenters. The van der Waals surface area contributed by atoms with Gasteiger partial charge in [0.05, 0.1) is 6.54 Å². The SMILES string of the molecule is CN(C(=O)CN1CCC2(CCNC2)C1)C1CCCCC1.Cl. The van der Waals surface area contributed by atoms with E-state index >= 15 is 0 Å². The lowest BCUT2D eigenvalue weighted by Crippen LogP contribution is -2.44. The van der Waals surface area contributed by atoms with Gasteiger partial charge in [-0.25, -0.2) is 0 Å². The molecule has 1 N–H and O–H groups in total. The molecule has 1 aliphatic carbocycles. The number of halogens is 1. The lowest BCUT2D eigenvalue weighted by Gasteiger charge is -2.32. The van der Waals surface area contributed by atoms with E-state index in [-0.39, 0.29) is 12.4 Å². The molecule has 3 fully saturated rings. The van der Waals surface area contributed by atoms with Crippen LogP contribution in [-0.4, -0.2) is 61.5 Å². The molecule has 4 nitrogen and oxygen atoms in total. The molecule has 0 radical (unpaired) electrons. The van der Waals surface area contributed by atoms with E-state index < -0.39 is 0 Å². The zero-order chi connectivity index (χ0) is 14.0. The molecule has 2 heterocycles. The zero-order valence-corrected chi connectivity index (χ0v) is 14.1. The summed E-state index contributed by atoms with van der Waals surface area (Å²) >= 11 is 0. The first-order chi connectivity index (χ1) is 9.69. The fraction of sp³-hybridized carbons (Fsp3) is 0.938. The maximum Gasteiger partial charge on any atom is 0.236 e. The van der Waals surface area contributed by atoms with E-state index in [4.69, 9.17) is 0 Å². The van der Waals surface area contributed by atoms with Crippen LogP contribution in [0.4, 0.5) is 0 Å². The third-order valence-electron chi connectivity index (χ3n) is 5.72. The Hall–Kier alpha value is -0.320. The molecule has 122 valence electrons. The van der Waals surface area contributed by atoms with Crippen LogP contribution >= 0.6 is 12.4 Å². The van der Waals surface area contributed by atoms with Gasteiger partial charge in [0.15, 0.2) is 0 Å². The molecule has 2 saturated heterocycles. The second-order valence-corrected chi connectivity index (χ2v) is 7.18. The van der Waals surface area contributed by atoms with Crippen molar-refractivity contribution in [3.8, 4) is 0 Å². The molecule has 0 aromatic carbocycles. The molecule has 1 spiro atoms. The number of carbonyl (C=O) groups is 1. The highest BCUT2D eigenvalue weighted by Gasteiger charge is 2.40. The third-order valence-corrected chi connectivity index (χ3v) is 5.72. The Morgan fingerprint density at radius 1 is 1.29 bits per heavy atom. The van der Waals surface area contributed by atoms with Gasteiger partial charge in [0.2, 0.25) is 5.91 Å². The summed E-state index contributed by atoms with van der Waals surface area (Å²) in [7, 11) is 2.02. The van der Waals surface area contributed by atoms with Gasteiger partial charge in [-0.15, -0.1) is 12.4 Å². The number of carbonyl (C=O) groups excluding carboxylic acids is 1. The molecule has 0 bridgehead atoms. The largest absolute Gasteiger partial charge is 0.342 e. The highest BCUT2D eigenvalue weighted by atomic mass is 35.5. The van der Waals surface area contributed by atoms with Gasteiger partial charge in [0, 0.05) is 26.2 Å². The van der Waals surface area contributed by atoms with Gasteiger partial charge in [-0.1, -0.05) is 19.3 Å². The maximum atomic E-state index is 12.5. The van der Waals surface area contributed by atoms with Crippen molar-refractivity contribution in [1.29, 1.82) is 0 Å². The Balaban J connectivity index is 0.00000161. The zero-order valence-electron chi connectivity index (χ0n) is 13.3. The van der Waals surface area contributed by atoms with Gasteiger partial charge >= 0.3 is 0 Å². The smallest absolute Gasteiger partial charge is 0.236 e. The van der Waals surface area contributed by atoms with Crippen LogP contribution in [0.15, 0.2) is 0 Å². The standard InChI is InChI=1S/C16H29N3O.ClH/c1-18(14-5-3-2-4-6-14)15(20)11-19-10-8-16(13-19)7-9-17-12-16;/h14,17H,2-13H2,1H3;1H. The normalized spacial score (nSPS) is 30.5. The maximum absolute atomic E-state index is 12.5. The lowest BCUT2D eigenvalue weighted by atomic mass is 9.87. The predicted molar refractivity (Wildman–Crippen MR) is 87.9 cm³/mol. The summed E-state index contributed by atoms with van der Waals surface area (Å²) in [6.07, 6.45) is 8.89. The summed E-state index contributed by atoms with van der Waals surface area (Å²) < 4.78 is 0. The number of hydrogen-bond acceptors (Lipinski definition) is 3. The second kappa shape index (κ2) is 7.30. The van der Waals surface area contributed by atoms with Crippen LogP contribution in [0.2, 0.25) is 0 Å². The summed E-state index contributed by atoms with van der Waals surface area (Å²) in [5, 5.41) is 3.48. The Labute approximate surface area is 135 Å². The van der Waals surface area contributed by atoms with Gasteiger partial charge < -0.3 is 10.2 Å². The molecular formula is C16H30ClN3O. The second-order valence-electron chi connectivity index (χ2n) is 7.18. The van der Waals surface area contributed by atoms with E-state index in [9.17, 15) is 4.79 Å². The number of nitrogens with one attached hydrogen (secondary N) is 1. The number of rotatable bonds is 3. The third kappa shape index (κ3) is 3.91. The molecule has 2 aliphatic heterocycles. The van der Waals surface area contributed by atoms with Crippen LogP contribution in [-0.2, 0) is 4.79 Å². The molecule has 21 heavy (non-hydrogen) atoms. The monoisotopic (exact) mass is 315 g/mol. The van der Waals surface area contributed by atoms with Gasteiger partial charge in [0.1, 0.15) is 0 Å². The Bertz CT molecular complexity index is 351. The van der Waals surface area contributed by atoms with Crippen molar-refractivity contribution in [2.75, 3.05) is 39.8 Å². The molecule has 3 aliphatic rings. The average molecular weight is 316 g/mol. The van der Waals surface area contributed by atoms with E-state index in [0.717, 1.165) is 26.2 Å². The Morgan fingerprint density at radius 2 is 2.05 bits per heavy atom. The summed E-state index contributed by atoms with van der Waals surface area (Å²) in [5.41, 5.74) is 0.476. The molecule has 1 atom stereocenters. The van der Waals surface area contributed by atoms with Gasteiger partial charge in [0.25, 0.3) is 0 Å². The first-order valence-electron chi connectivity index (χ1n) is 8.37. The van der Waals surface area contributed by atoms with Gasteiger partial charge in [-0.2, -0.15) is 0 Å². The molecule has 0 aromatic rings. The van der Waals surface area contributed by atoms with E-state index in [2.05, 4.69) is 10.2 Å². The van der Waals surface area contributed by atoms with Crippen LogP contribution in [0.25, 0.3) is 0 Å². The molecule has 5 heteroatoms. The summed E-state index contributed by atoms with van der Waals surface area (Å²) in [6.45, 7) is 5.16. The van der Waals surface area contributed by atoms with Crippen LogP contribution in [0, 0.1) is 5.41 Å². The minimum absolute atomic E-state index is 0. The van der Waals surface area contributed by atoms with Gasteiger partial charge in [-0.05, 0) is 44.2 Å². The van der Waals surface area contributed by atoms with Crippen molar-refractivity contribution in [3.63, 3.8) is 0 Å². The van der Waals surface area contributed by atoms with Crippen molar-refractivity contribution >= 4 is 18.3 Å². The highest BCUT2D eigenvalue weighted by molar-refractivity contribution is 5.85. The average Bonchev–Trinajstić information content (AvgIpc) is 3.09. The lowest BCUT2D eigenvalue weighted by molar-refractivity contribution is -0.133. The van der Waals surface area contributed by atoms with Crippen molar-refractivity contribution < 1.29 is 4.79 Å². The molecule has 0 aromatic heterocycles. The minimum atomic E-state index is 0. The molecule has 1 saturated carbocycles. The fourth-order valence-corrected chi connectivity index (χ4v) is 4.28. The number of likely N-dealkylation sites (N-methyl/N-ethyl adjacent to an activating group) is 1. The summed E-state index contributed by atoms with van der Waals surface area (Å²) in [5.74, 6) is 0.333. The summed E-state index contributed by atoms with van der Waals surface area (Å²) in [6, 6.07) is 0.501. The molecule has 3 rings (SSSR count). The number of hydrogen-bond donors (Lipinski definition) is 1. The molecule has 1 amide bonds. The number of likely N-dealkylation sites (tertiary alicyclic amines) is 1. The Morgan fingerprint density at radius 3 is 2.71 bits per heavy atom. The van der Waals surface area contributed by atoms with Crippen molar-refractivity contribution in [2.45, 2.75) is 51.0 Å². The molecular weight excluding hydrogens is 286 g/mol. The van der Waals surface area contributed by atoms with E-state index in [1.807, 2.05) is 11.9 Å². The van der Waals surface area contributed by atoms with E-state index in [1.165, 1.54) is 44.9 Å². The summed E-state index contributed by atoms with van der Waals surface area (Å²) in [4.78, 5) is 16.9. The van der Waals surface area contributed by atoms with Gasteiger partial charge in [-0.3, -0.25) is 9.69 Å². The van der Waals surface area contributed by atoms with Crippen molar-refractivity contribution in [2.24, 2.45) is 5.41 Å². The van der Waals surface area contributed by atoms with Crippen molar-refractivity contribution in [1.82, 2.24) is 15.1 Å². The number of amides is 1. The minimum Gasteiger partial charge on any atom is -0.342 e. The number of nitrogens with zero attached hydrogens (tertiary/aromatic N) is 2.